The molecule has 2 N–H and O–H groups in total. The Kier molecular flexibility index (Phi) is 4.13. The fourth-order valence-electron chi connectivity index (χ4n) is 1.51. The van der Waals surface area contributed by atoms with E-state index in [2.05, 4.69) is 22.3 Å². The van der Waals surface area contributed by atoms with Crippen LogP contribution in [0.5, 0.6) is 0 Å². The second-order valence-electron chi connectivity index (χ2n) is 3.93. The molecule has 0 aliphatic rings. The first kappa shape index (κ1) is 13.8. The maximum absolute atomic E-state index is 13.7. The van der Waals surface area contributed by atoms with Crippen molar-refractivity contribution in [3.05, 3.63) is 47.0 Å². The minimum atomic E-state index is -0.630. The number of nitrogens with zero attached hydrogens (tertiary/aromatic N) is 1. The molecule has 0 aliphatic heterocycles. The summed E-state index contributed by atoms with van der Waals surface area (Å²) in [6.45, 7) is 1.34. The lowest BCUT2D eigenvalue weighted by molar-refractivity contribution is 0.102. The van der Waals surface area contributed by atoms with E-state index in [0.29, 0.717) is 5.76 Å². The van der Waals surface area contributed by atoms with Gasteiger partial charge in [0.25, 0.3) is 5.91 Å². The number of hydrogen-bond acceptors (Lipinski definition) is 4. The summed E-state index contributed by atoms with van der Waals surface area (Å²) in [7, 11) is 0. The van der Waals surface area contributed by atoms with E-state index in [-0.39, 0.29) is 23.6 Å². The zero-order valence-corrected chi connectivity index (χ0v) is 10.6. The average molecular weight is 274 g/mol. The first-order valence-corrected chi connectivity index (χ1v) is 5.74. The largest absolute Gasteiger partial charge is 0.384 e. The molecule has 2 aromatic rings. The summed E-state index contributed by atoms with van der Waals surface area (Å²) >= 11 is 0. The Balaban J connectivity index is 2.16. The smallest absolute Gasteiger partial charge is 0.257 e. The number of carbonyl (C=O) groups is 1. The van der Waals surface area contributed by atoms with Crippen molar-refractivity contribution in [2.24, 2.45) is 0 Å². The topological polar surface area (TPSA) is 75.4 Å². The molecule has 0 aliphatic carbocycles. The molecule has 1 aromatic carbocycles. The first-order chi connectivity index (χ1) is 9.60. The summed E-state index contributed by atoms with van der Waals surface area (Å²) in [5, 5.41) is 14.6. The van der Waals surface area contributed by atoms with Gasteiger partial charge >= 0.3 is 0 Å². The molecule has 0 spiro atoms. The highest BCUT2D eigenvalue weighted by Crippen LogP contribution is 2.13. The molecule has 0 saturated heterocycles. The van der Waals surface area contributed by atoms with Crippen LogP contribution in [0, 0.1) is 24.6 Å². The maximum atomic E-state index is 13.7. The van der Waals surface area contributed by atoms with Gasteiger partial charge in [0.1, 0.15) is 18.2 Å². The van der Waals surface area contributed by atoms with Crippen molar-refractivity contribution in [2.75, 3.05) is 11.9 Å². The van der Waals surface area contributed by atoms with Crippen LogP contribution in [-0.4, -0.2) is 22.8 Å². The van der Waals surface area contributed by atoms with E-state index in [9.17, 15) is 9.18 Å². The number of carbonyl (C=O) groups excluding carboxylic acids is 1. The second-order valence-corrected chi connectivity index (χ2v) is 3.93. The van der Waals surface area contributed by atoms with Gasteiger partial charge in [0, 0.05) is 11.6 Å². The van der Waals surface area contributed by atoms with Gasteiger partial charge in [-0.1, -0.05) is 17.0 Å². The molecular weight excluding hydrogens is 263 g/mol. The third-order valence-electron chi connectivity index (χ3n) is 2.40. The third-order valence-corrected chi connectivity index (χ3v) is 2.40. The Morgan fingerprint density at radius 2 is 2.30 bits per heavy atom. The van der Waals surface area contributed by atoms with Crippen LogP contribution in [0.4, 0.5) is 10.2 Å². The average Bonchev–Trinajstić information content (AvgIpc) is 2.82. The van der Waals surface area contributed by atoms with E-state index in [4.69, 9.17) is 9.63 Å². The molecule has 0 saturated carbocycles. The molecule has 2 rings (SSSR count). The van der Waals surface area contributed by atoms with E-state index in [0.717, 1.165) is 6.07 Å². The monoisotopic (exact) mass is 274 g/mol. The predicted octanol–water partition coefficient (Wildman–Crippen LogP) is 1.72. The maximum Gasteiger partial charge on any atom is 0.257 e. The summed E-state index contributed by atoms with van der Waals surface area (Å²) in [6, 6.07) is 5.44. The summed E-state index contributed by atoms with van der Waals surface area (Å²) in [6.07, 6.45) is 0. The number of aliphatic hydroxyl groups is 1. The number of anilines is 1. The number of nitrogens with one attached hydrogen (secondary N) is 1. The van der Waals surface area contributed by atoms with Crippen LogP contribution in [0.15, 0.2) is 28.8 Å². The molecule has 0 atom stereocenters. The van der Waals surface area contributed by atoms with Crippen molar-refractivity contribution in [1.29, 1.82) is 0 Å². The normalized spacial score (nSPS) is 9.75. The van der Waals surface area contributed by atoms with Crippen molar-refractivity contribution < 1.29 is 18.8 Å². The summed E-state index contributed by atoms with van der Waals surface area (Å²) in [5.41, 5.74) is 0.255. The van der Waals surface area contributed by atoms with Crippen LogP contribution < -0.4 is 5.32 Å². The molecule has 6 heteroatoms. The Morgan fingerprint density at radius 1 is 1.50 bits per heavy atom. The highest BCUT2D eigenvalue weighted by molar-refractivity contribution is 6.03. The van der Waals surface area contributed by atoms with Crippen LogP contribution in [0.25, 0.3) is 0 Å². The Bertz CT molecular complexity index is 698. The zero-order valence-electron chi connectivity index (χ0n) is 10.6. The predicted molar refractivity (Wildman–Crippen MR) is 69.6 cm³/mol. The van der Waals surface area contributed by atoms with Gasteiger partial charge in [-0.2, -0.15) is 0 Å². The van der Waals surface area contributed by atoms with Gasteiger partial charge in [0.2, 0.25) is 0 Å². The van der Waals surface area contributed by atoms with Crippen LogP contribution in [0.2, 0.25) is 0 Å². The molecule has 1 heterocycles. The fourth-order valence-corrected chi connectivity index (χ4v) is 1.51. The van der Waals surface area contributed by atoms with Crippen molar-refractivity contribution in [3.8, 4) is 11.8 Å². The molecule has 0 bridgehead atoms. The highest BCUT2D eigenvalue weighted by atomic mass is 19.1. The minimum Gasteiger partial charge on any atom is -0.384 e. The van der Waals surface area contributed by atoms with Gasteiger partial charge in [-0.25, -0.2) is 4.39 Å². The van der Waals surface area contributed by atoms with Crippen LogP contribution in [0.1, 0.15) is 21.7 Å². The molecule has 5 nitrogen and oxygen atoms in total. The minimum absolute atomic E-state index is 0.118. The number of benzene rings is 1. The molecule has 0 unspecified atom stereocenters. The van der Waals surface area contributed by atoms with Crippen LogP contribution in [0.3, 0.4) is 0 Å². The van der Waals surface area contributed by atoms with Crippen molar-refractivity contribution in [3.63, 3.8) is 0 Å². The van der Waals surface area contributed by atoms with Crippen LogP contribution >= 0.6 is 0 Å². The van der Waals surface area contributed by atoms with Crippen LogP contribution in [-0.2, 0) is 0 Å². The second kappa shape index (κ2) is 5.99. The van der Waals surface area contributed by atoms with Gasteiger partial charge in [-0.05, 0) is 25.1 Å². The van der Waals surface area contributed by atoms with E-state index >= 15 is 0 Å². The first-order valence-electron chi connectivity index (χ1n) is 5.74. The standard InChI is InChI=1S/C14H11FN2O3/c1-9-7-13(17-20-9)16-14(19)11-5-4-10(3-2-6-18)12(15)8-11/h4-5,7-8,18H,6H2,1H3,(H,16,17,19). The highest BCUT2D eigenvalue weighted by Gasteiger charge is 2.11. The molecule has 102 valence electrons. The Labute approximate surface area is 114 Å². The lowest BCUT2D eigenvalue weighted by Gasteiger charge is -2.02. The molecule has 0 radical (unpaired) electrons. The zero-order chi connectivity index (χ0) is 14.5. The quantitative estimate of drug-likeness (QED) is 0.818. The number of halogens is 1. The summed E-state index contributed by atoms with van der Waals surface area (Å²) in [5.74, 6) is 4.47. The lowest BCUT2D eigenvalue weighted by Crippen LogP contribution is -2.12. The van der Waals surface area contributed by atoms with Crippen molar-refractivity contribution >= 4 is 11.7 Å². The summed E-state index contributed by atoms with van der Waals surface area (Å²) in [4.78, 5) is 11.9. The SMILES string of the molecule is Cc1cc(NC(=O)c2ccc(C#CCO)c(F)c2)no1. The van der Waals surface area contributed by atoms with Gasteiger partial charge in [0.05, 0.1) is 5.56 Å². The number of hydrogen-bond donors (Lipinski definition) is 2. The fraction of sp³-hybridized carbons (Fsp3) is 0.143. The van der Waals surface area contributed by atoms with Gasteiger partial charge in [-0.3, -0.25) is 4.79 Å². The van der Waals surface area contributed by atoms with E-state index < -0.39 is 11.7 Å². The number of amides is 1. The number of aromatic nitrogens is 1. The van der Waals surface area contributed by atoms with Crippen molar-refractivity contribution in [2.45, 2.75) is 6.92 Å². The Hall–Kier alpha value is -2.65. The summed E-state index contributed by atoms with van der Waals surface area (Å²) < 4.78 is 18.5. The van der Waals surface area contributed by atoms with Crippen molar-refractivity contribution in [1.82, 2.24) is 5.16 Å². The van der Waals surface area contributed by atoms with Gasteiger partial charge < -0.3 is 14.9 Å². The third kappa shape index (κ3) is 3.22. The molecule has 1 aromatic heterocycles. The lowest BCUT2D eigenvalue weighted by atomic mass is 10.1. The number of aliphatic hydroxyl groups excluding tert-OH is 1. The van der Waals surface area contributed by atoms with E-state index in [1.165, 1.54) is 12.1 Å². The molecular formula is C14H11FN2O3. The van der Waals surface area contributed by atoms with Gasteiger partial charge in [-0.15, -0.1) is 0 Å². The molecule has 0 fully saturated rings. The van der Waals surface area contributed by atoms with E-state index in [1.807, 2.05) is 0 Å². The van der Waals surface area contributed by atoms with E-state index in [1.54, 1.807) is 13.0 Å². The Morgan fingerprint density at radius 3 is 2.90 bits per heavy atom. The number of aryl methyl sites for hydroxylation is 1. The van der Waals surface area contributed by atoms with Gasteiger partial charge in [0.15, 0.2) is 5.82 Å². The number of rotatable bonds is 2. The molecule has 20 heavy (non-hydrogen) atoms. The molecule has 1 amide bonds.